The van der Waals surface area contributed by atoms with Crippen molar-refractivity contribution in [3.63, 3.8) is 0 Å². The number of benzene rings is 3. The van der Waals surface area contributed by atoms with Gasteiger partial charge in [0.05, 0.1) is 18.0 Å². The van der Waals surface area contributed by atoms with Gasteiger partial charge < -0.3 is 15.4 Å². The van der Waals surface area contributed by atoms with Gasteiger partial charge in [0.25, 0.3) is 15.9 Å². The SMILES string of the molecule is COc1ccc(NS(=O)(=O)c2ccc(C(=O)NC(C)c3ccc(NC(=O)C4CC4)cc3)cc2)cc1. The van der Waals surface area contributed by atoms with Crippen molar-refractivity contribution >= 4 is 33.2 Å². The van der Waals surface area contributed by atoms with Crippen molar-refractivity contribution in [2.75, 3.05) is 17.1 Å². The lowest BCUT2D eigenvalue weighted by Gasteiger charge is -2.15. The Morgan fingerprint density at radius 2 is 1.49 bits per heavy atom. The van der Waals surface area contributed by atoms with Gasteiger partial charge >= 0.3 is 0 Å². The quantitative estimate of drug-likeness (QED) is 0.410. The molecule has 0 bridgehead atoms. The molecule has 8 nitrogen and oxygen atoms in total. The Hall–Kier alpha value is -3.85. The van der Waals surface area contributed by atoms with Crippen LogP contribution in [0.4, 0.5) is 11.4 Å². The zero-order valence-electron chi connectivity index (χ0n) is 19.4. The van der Waals surface area contributed by atoms with Crippen molar-refractivity contribution in [3.8, 4) is 5.75 Å². The van der Waals surface area contributed by atoms with E-state index in [-0.39, 0.29) is 28.7 Å². The molecule has 0 saturated heterocycles. The van der Waals surface area contributed by atoms with Crippen LogP contribution in [0.5, 0.6) is 5.75 Å². The molecular formula is C26H27N3O5S. The van der Waals surface area contributed by atoms with Crippen LogP contribution in [0.15, 0.2) is 77.7 Å². The number of nitrogens with one attached hydrogen (secondary N) is 3. The molecule has 0 heterocycles. The van der Waals surface area contributed by atoms with Crippen LogP contribution < -0.4 is 20.1 Å². The predicted molar refractivity (Wildman–Crippen MR) is 134 cm³/mol. The highest BCUT2D eigenvalue weighted by atomic mass is 32.2. The standard InChI is InChI=1S/C26H27N3O5S/c1-17(18-5-9-21(10-6-18)28-26(31)19-3-4-19)27-25(30)20-7-15-24(16-8-20)35(32,33)29-22-11-13-23(34-2)14-12-22/h5-17,19,29H,3-4H2,1-2H3,(H,27,30)(H,28,31). The van der Waals surface area contributed by atoms with Crippen LogP contribution in [0.3, 0.4) is 0 Å². The van der Waals surface area contributed by atoms with Crippen molar-refractivity contribution in [1.82, 2.24) is 5.32 Å². The maximum Gasteiger partial charge on any atom is 0.261 e. The molecule has 1 aliphatic rings. The highest BCUT2D eigenvalue weighted by Gasteiger charge is 2.29. The van der Waals surface area contributed by atoms with Gasteiger partial charge in [-0.25, -0.2) is 8.42 Å². The third-order valence-electron chi connectivity index (χ3n) is 5.74. The molecule has 0 spiro atoms. The predicted octanol–water partition coefficient (Wildman–Crippen LogP) is 4.34. The number of hydrogen-bond acceptors (Lipinski definition) is 5. The molecule has 0 aromatic heterocycles. The molecule has 35 heavy (non-hydrogen) atoms. The van der Waals surface area contributed by atoms with Crippen molar-refractivity contribution in [2.24, 2.45) is 5.92 Å². The normalized spacial score (nSPS) is 14.0. The van der Waals surface area contributed by atoms with Gasteiger partial charge in [0.15, 0.2) is 0 Å². The van der Waals surface area contributed by atoms with Crippen LogP contribution in [0.2, 0.25) is 0 Å². The van der Waals surface area contributed by atoms with Crippen LogP contribution in [0.25, 0.3) is 0 Å². The first-order chi connectivity index (χ1) is 16.7. The number of hydrogen-bond donors (Lipinski definition) is 3. The molecule has 3 aromatic carbocycles. The van der Waals surface area contributed by atoms with Gasteiger partial charge in [0.1, 0.15) is 5.75 Å². The van der Waals surface area contributed by atoms with Gasteiger partial charge in [-0.3, -0.25) is 14.3 Å². The summed E-state index contributed by atoms with van der Waals surface area (Å²) in [5.41, 5.74) is 2.35. The van der Waals surface area contributed by atoms with E-state index < -0.39 is 10.0 Å². The van der Waals surface area contributed by atoms with E-state index in [2.05, 4.69) is 15.4 Å². The third kappa shape index (κ3) is 6.19. The minimum Gasteiger partial charge on any atom is -0.497 e. The lowest BCUT2D eigenvalue weighted by molar-refractivity contribution is -0.117. The topological polar surface area (TPSA) is 114 Å². The van der Waals surface area contributed by atoms with E-state index in [1.54, 1.807) is 24.3 Å². The van der Waals surface area contributed by atoms with Crippen LogP contribution in [0.1, 0.15) is 41.7 Å². The number of ether oxygens (including phenoxy) is 1. The Balaban J connectivity index is 1.35. The molecule has 1 fully saturated rings. The summed E-state index contributed by atoms with van der Waals surface area (Å²) in [6.07, 6.45) is 1.89. The van der Waals surface area contributed by atoms with Gasteiger partial charge in [-0.15, -0.1) is 0 Å². The lowest BCUT2D eigenvalue weighted by atomic mass is 10.1. The van der Waals surface area contributed by atoms with Crippen molar-refractivity contribution < 1.29 is 22.7 Å². The van der Waals surface area contributed by atoms with Crippen LogP contribution >= 0.6 is 0 Å². The minimum absolute atomic E-state index is 0.0433. The molecule has 1 atom stereocenters. The highest BCUT2D eigenvalue weighted by molar-refractivity contribution is 7.92. The summed E-state index contributed by atoms with van der Waals surface area (Å²) >= 11 is 0. The van der Waals surface area contributed by atoms with E-state index in [1.807, 2.05) is 31.2 Å². The van der Waals surface area contributed by atoms with Gasteiger partial charge in [-0.05, 0) is 86.0 Å². The summed E-state index contributed by atoms with van der Waals surface area (Å²) in [5.74, 6) is 0.473. The van der Waals surface area contributed by atoms with Crippen LogP contribution in [-0.4, -0.2) is 27.3 Å². The Morgan fingerprint density at radius 3 is 2.06 bits per heavy atom. The number of rotatable bonds is 9. The van der Waals surface area contributed by atoms with Gasteiger partial charge in [-0.1, -0.05) is 12.1 Å². The summed E-state index contributed by atoms with van der Waals surface area (Å²) in [5, 5.41) is 5.79. The molecule has 9 heteroatoms. The maximum absolute atomic E-state index is 12.7. The number of anilines is 2. The molecule has 1 saturated carbocycles. The first-order valence-corrected chi connectivity index (χ1v) is 12.7. The molecule has 2 amide bonds. The number of carbonyl (C=O) groups is 2. The molecular weight excluding hydrogens is 466 g/mol. The van der Waals surface area contributed by atoms with E-state index in [0.29, 0.717) is 17.0 Å². The molecule has 0 radical (unpaired) electrons. The molecule has 4 rings (SSSR count). The second-order valence-electron chi connectivity index (χ2n) is 8.44. The van der Waals surface area contributed by atoms with E-state index in [9.17, 15) is 18.0 Å². The smallest absolute Gasteiger partial charge is 0.261 e. The fourth-order valence-corrected chi connectivity index (χ4v) is 4.53. The second-order valence-corrected chi connectivity index (χ2v) is 10.1. The molecule has 3 aromatic rings. The fraction of sp³-hybridized carbons (Fsp3) is 0.231. The average molecular weight is 494 g/mol. The van der Waals surface area contributed by atoms with E-state index >= 15 is 0 Å². The molecule has 182 valence electrons. The molecule has 3 N–H and O–H groups in total. The van der Waals surface area contributed by atoms with Crippen LogP contribution in [0, 0.1) is 5.92 Å². The second kappa shape index (κ2) is 10.2. The van der Waals surface area contributed by atoms with Gasteiger partial charge in [0, 0.05) is 22.9 Å². The monoisotopic (exact) mass is 493 g/mol. The molecule has 1 unspecified atom stereocenters. The zero-order valence-corrected chi connectivity index (χ0v) is 20.3. The lowest BCUT2D eigenvalue weighted by Crippen LogP contribution is -2.26. The Morgan fingerprint density at radius 1 is 0.886 bits per heavy atom. The summed E-state index contributed by atoms with van der Waals surface area (Å²) in [7, 11) is -2.28. The Kier molecular flexibility index (Phi) is 7.07. The Bertz CT molecular complexity index is 1300. The number of methoxy groups -OCH3 is 1. The van der Waals surface area contributed by atoms with Crippen molar-refractivity contribution in [3.05, 3.63) is 83.9 Å². The van der Waals surface area contributed by atoms with E-state index in [0.717, 1.165) is 24.1 Å². The summed E-state index contributed by atoms with van der Waals surface area (Å²) < 4.78 is 32.9. The van der Waals surface area contributed by atoms with Crippen molar-refractivity contribution in [2.45, 2.75) is 30.7 Å². The zero-order chi connectivity index (χ0) is 25.0. The molecule has 1 aliphatic carbocycles. The first-order valence-electron chi connectivity index (χ1n) is 11.2. The summed E-state index contributed by atoms with van der Waals surface area (Å²) in [6.45, 7) is 1.85. The number of carbonyl (C=O) groups excluding carboxylic acids is 2. The van der Waals surface area contributed by atoms with E-state index in [4.69, 9.17) is 4.74 Å². The maximum atomic E-state index is 12.7. The molecule has 0 aliphatic heterocycles. The highest BCUT2D eigenvalue weighted by Crippen LogP contribution is 2.30. The van der Waals surface area contributed by atoms with Gasteiger partial charge in [0.2, 0.25) is 5.91 Å². The van der Waals surface area contributed by atoms with E-state index in [1.165, 1.54) is 31.4 Å². The average Bonchev–Trinajstić information content (AvgIpc) is 3.70. The summed E-state index contributed by atoms with van der Waals surface area (Å²) in [4.78, 5) is 24.6. The third-order valence-corrected chi connectivity index (χ3v) is 7.14. The first kappa shape index (κ1) is 24.3. The van der Waals surface area contributed by atoms with Crippen LogP contribution in [-0.2, 0) is 14.8 Å². The van der Waals surface area contributed by atoms with Gasteiger partial charge in [-0.2, -0.15) is 0 Å². The largest absolute Gasteiger partial charge is 0.497 e. The Labute approximate surface area is 204 Å². The fourth-order valence-electron chi connectivity index (χ4n) is 3.47. The number of sulfonamides is 1. The minimum atomic E-state index is -3.81. The number of amides is 2. The summed E-state index contributed by atoms with van der Waals surface area (Å²) in [6, 6.07) is 19.3. The van der Waals surface area contributed by atoms with Crippen molar-refractivity contribution in [1.29, 1.82) is 0 Å².